The molecule has 120 valence electrons. The molecule has 0 saturated carbocycles. The Morgan fingerprint density at radius 1 is 1.04 bits per heavy atom. The number of carbonyl (C=O) groups is 1. The molecule has 1 aliphatic heterocycles. The summed E-state index contributed by atoms with van der Waals surface area (Å²) >= 11 is 0. The molecule has 1 amide bonds. The summed E-state index contributed by atoms with van der Waals surface area (Å²) in [5, 5.41) is 8.22. The number of anilines is 1. The third kappa shape index (κ3) is 3.47. The molecule has 1 saturated heterocycles. The maximum absolute atomic E-state index is 12.5. The van der Waals surface area contributed by atoms with E-state index >= 15 is 0 Å². The zero-order valence-corrected chi connectivity index (χ0v) is 13.5. The van der Waals surface area contributed by atoms with Crippen LogP contribution in [0.5, 0.6) is 0 Å². The number of amides is 1. The molecule has 0 spiro atoms. The number of nitrogens with zero attached hydrogens (tertiary/aromatic N) is 5. The lowest BCUT2D eigenvalue weighted by Crippen LogP contribution is -2.49. The van der Waals surface area contributed by atoms with Crippen molar-refractivity contribution in [1.29, 1.82) is 0 Å². The van der Waals surface area contributed by atoms with Crippen LogP contribution in [0.4, 0.5) is 5.82 Å². The Morgan fingerprint density at radius 3 is 2.39 bits per heavy atom. The summed E-state index contributed by atoms with van der Waals surface area (Å²) < 4.78 is 0. The minimum Gasteiger partial charge on any atom is -0.353 e. The Morgan fingerprint density at radius 2 is 1.83 bits per heavy atom. The predicted octanol–water partition coefficient (Wildman–Crippen LogP) is 1.96. The van der Waals surface area contributed by atoms with E-state index in [1.54, 1.807) is 12.3 Å². The SMILES string of the molecule is CC(C)c1ccc(C(=O)N2CCN(c3ccccn3)CC2)nn1. The zero-order valence-electron chi connectivity index (χ0n) is 13.5. The molecule has 6 heteroatoms. The fraction of sp³-hybridized carbons (Fsp3) is 0.412. The molecule has 1 aliphatic rings. The minimum atomic E-state index is -0.0477. The van der Waals surface area contributed by atoms with E-state index in [9.17, 15) is 4.79 Å². The van der Waals surface area contributed by atoms with Crippen LogP contribution in [0.25, 0.3) is 0 Å². The molecule has 0 aliphatic carbocycles. The first-order chi connectivity index (χ1) is 11.1. The van der Waals surface area contributed by atoms with E-state index in [2.05, 4.69) is 33.9 Å². The van der Waals surface area contributed by atoms with Gasteiger partial charge < -0.3 is 9.80 Å². The Bertz CT molecular complexity index is 648. The monoisotopic (exact) mass is 311 g/mol. The normalized spacial score (nSPS) is 15.1. The van der Waals surface area contributed by atoms with Crippen molar-refractivity contribution in [3.8, 4) is 0 Å². The van der Waals surface area contributed by atoms with Crippen LogP contribution in [-0.2, 0) is 0 Å². The molecule has 0 N–H and O–H groups in total. The molecular formula is C17H21N5O. The highest BCUT2D eigenvalue weighted by Crippen LogP contribution is 2.15. The number of aromatic nitrogens is 3. The van der Waals surface area contributed by atoms with Crippen molar-refractivity contribution in [1.82, 2.24) is 20.1 Å². The Labute approximate surface area is 136 Å². The number of carbonyl (C=O) groups excluding carboxylic acids is 1. The van der Waals surface area contributed by atoms with Crippen molar-refractivity contribution in [2.45, 2.75) is 19.8 Å². The summed E-state index contributed by atoms with van der Waals surface area (Å²) in [4.78, 5) is 20.9. The summed E-state index contributed by atoms with van der Waals surface area (Å²) in [5.74, 6) is 1.22. The van der Waals surface area contributed by atoms with Crippen LogP contribution in [0.15, 0.2) is 36.5 Å². The number of rotatable bonds is 3. The summed E-state index contributed by atoms with van der Waals surface area (Å²) in [5.41, 5.74) is 1.32. The Balaban J connectivity index is 1.62. The molecule has 23 heavy (non-hydrogen) atoms. The molecule has 1 fully saturated rings. The summed E-state index contributed by atoms with van der Waals surface area (Å²) in [6.07, 6.45) is 1.79. The van der Waals surface area contributed by atoms with Crippen molar-refractivity contribution in [2.24, 2.45) is 0 Å². The Hall–Kier alpha value is -2.50. The third-order valence-electron chi connectivity index (χ3n) is 4.04. The number of hydrogen-bond acceptors (Lipinski definition) is 5. The summed E-state index contributed by atoms with van der Waals surface area (Å²) in [7, 11) is 0. The first-order valence-electron chi connectivity index (χ1n) is 7.94. The molecule has 0 bridgehead atoms. The van der Waals surface area contributed by atoms with Crippen LogP contribution in [-0.4, -0.2) is 52.2 Å². The molecule has 2 aromatic heterocycles. The number of pyridine rings is 1. The molecular weight excluding hydrogens is 290 g/mol. The van der Waals surface area contributed by atoms with Crippen LogP contribution in [0.2, 0.25) is 0 Å². The van der Waals surface area contributed by atoms with Crippen molar-refractivity contribution < 1.29 is 4.79 Å². The highest BCUT2D eigenvalue weighted by Gasteiger charge is 2.23. The zero-order chi connectivity index (χ0) is 16.2. The van der Waals surface area contributed by atoms with Crippen molar-refractivity contribution in [2.75, 3.05) is 31.1 Å². The summed E-state index contributed by atoms with van der Waals surface area (Å²) in [6.45, 7) is 7.01. The number of piperazine rings is 1. The highest BCUT2D eigenvalue weighted by molar-refractivity contribution is 5.92. The van der Waals surface area contributed by atoms with Gasteiger partial charge in [0, 0.05) is 32.4 Å². The molecule has 3 rings (SSSR count). The highest BCUT2D eigenvalue weighted by atomic mass is 16.2. The fourth-order valence-electron chi connectivity index (χ4n) is 2.61. The van der Waals surface area contributed by atoms with E-state index in [1.165, 1.54) is 0 Å². The van der Waals surface area contributed by atoms with Gasteiger partial charge in [0.05, 0.1) is 5.69 Å². The van der Waals surface area contributed by atoms with Gasteiger partial charge in [-0.15, -0.1) is 5.10 Å². The van der Waals surface area contributed by atoms with Gasteiger partial charge >= 0.3 is 0 Å². The van der Waals surface area contributed by atoms with Gasteiger partial charge in [0.25, 0.3) is 5.91 Å². The van der Waals surface area contributed by atoms with E-state index in [0.29, 0.717) is 24.7 Å². The van der Waals surface area contributed by atoms with E-state index in [1.807, 2.05) is 29.2 Å². The van der Waals surface area contributed by atoms with Gasteiger partial charge in [0.15, 0.2) is 5.69 Å². The Kier molecular flexibility index (Phi) is 4.50. The average Bonchev–Trinajstić information content (AvgIpc) is 2.62. The van der Waals surface area contributed by atoms with Crippen molar-refractivity contribution >= 4 is 11.7 Å². The van der Waals surface area contributed by atoms with Crippen molar-refractivity contribution in [3.05, 3.63) is 47.9 Å². The minimum absolute atomic E-state index is 0.0477. The quantitative estimate of drug-likeness (QED) is 0.867. The largest absolute Gasteiger partial charge is 0.353 e. The van der Waals surface area contributed by atoms with E-state index in [0.717, 1.165) is 24.6 Å². The van der Waals surface area contributed by atoms with Gasteiger partial charge in [-0.25, -0.2) is 4.98 Å². The van der Waals surface area contributed by atoms with Crippen molar-refractivity contribution in [3.63, 3.8) is 0 Å². The van der Waals surface area contributed by atoms with Gasteiger partial charge in [-0.3, -0.25) is 4.79 Å². The second-order valence-electron chi connectivity index (χ2n) is 5.97. The van der Waals surface area contributed by atoms with Crippen LogP contribution in [0.1, 0.15) is 35.9 Å². The topological polar surface area (TPSA) is 62.2 Å². The van der Waals surface area contributed by atoms with Gasteiger partial charge in [0.2, 0.25) is 0 Å². The van der Waals surface area contributed by atoms with Gasteiger partial charge in [0.1, 0.15) is 5.82 Å². The maximum atomic E-state index is 12.5. The van der Waals surface area contributed by atoms with Gasteiger partial charge in [-0.1, -0.05) is 19.9 Å². The first-order valence-corrected chi connectivity index (χ1v) is 7.94. The molecule has 0 unspecified atom stereocenters. The molecule has 0 aromatic carbocycles. The van der Waals surface area contributed by atoms with E-state index < -0.39 is 0 Å². The lowest BCUT2D eigenvalue weighted by Gasteiger charge is -2.35. The van der Waals surface area contributed by atoms with Gasteiger partial charge in [-0.2, -0.15) is 5.10 Å². The smallest absolute Gasteiger partial charge is 0.274 e. The van der Waals surface area contributed by atoms with E-state index in [4.69, 9.17) is 0 Å². The van der Waals surface area contributed by atoms with Gasteiger partial charge in [-0.05, 0) is 30.2 Å². The van der Waals surface area contributed by atoms with Crippen LogP contribution < -0.4 is 4.90 Å². The van der Waals surface area contributed by atoms with Crippen LogP contribution >= 0.6 is 0 Å². The number of hydrogen-bond donors (Lipinski definition) is 0. The van der Waals surface area contributed by atoms with E-state index in [-0.39, 0.29) is 5.91 Å². The second-order valence-corrected chi connectivity index (χ2v) is 5.97. The predicted molar refractivity (Wildman–Crippen MR) is 88.5 cm³/mol. The average molecular weight is 311 g/mol. The lowest BCUT2D eigenvalue weighted by molar-refractivity contribution is 0.0739. The van der Waals surface area contributed by atoms with Crippen LogP contribution in [0.3, 0.4) is 0 Å². The molecule has 3 heterocycles. The molecule has 0 radical (unpaired) electrons. The lowest BCUT2D eigenvalue weighted by atomic mass is 10.1. The summed E-state index contributed by atoms with van der Waals surface area (Å²) in [6, 6.07) is 9.53. The first kappa shape index (κ1) is 15.4. The maximum Gasteiger partial charge on any atom is 0.274 e. The molecule has 2 aromatic rings. The fourth-order valence-corrected chi connectivity index (χ4v) is 2.61. The second kappa shape index (κ2) is 6.73. The standard InChI is InChI=1S/C17H21N5O/c1-13(2)14-6-7-15(20-19-14)17(23)22-11-9-21(10-12-22)16-5-3-4-8-18-16/h3-8,13H,9-12H2,1-2H3. The van der Waals surface area contributed by atoms with Crippen LogP contribution in [0, 0.1) is 0 Å². The third-order valence-corrected chi connectivity index (χ3v) is 4.04. The molecule has 6 nitrogen and oxygen atoms in total. The molecule has 0 atom stereocenters.